The molecule has 4 rings (SSSR count). The first kappa shape index (κ1) is 19.3. The summed E-state index contributed by atoms with van der Waals surface area (Å²) < 4.78 is 41.1. The highest BCUT2D eigenvalue weighted by Crippen LogP contribution is 2.34. The van der Waals surface area contributed by atoms with Crippen LogP contribution >= 0.6 is 0 Å². The minimum Gasteiger partial charge on any atom is -0.329 e. The van der Waals surface area contributed by atoms with E-state index in [0.29, 0.717) is 24.4 Å². The maximum atomic E-state index is 13.4. The lowest BCUT2D eigenvalue weighted by atomic mass is 9.99. The molecule has 0 radical (unpaired) electrons. The van der Waals surface area contributed by atoms with Gasteiger partial charge in [0.15, 0.2) is 5.65 Å². The summed E-state index contributed by atoms with van der Waals surface area (Å²) in [6, 6.07) is 2.05. The van der Waals surface area contributed by atoms with Crippen LogP contribution in [-0.4, -0.2) is 41.9 Å². The summed E-state index contributed by atoms with van der Waals surface area (Å²) in [6.07, 6.45) is 0.629. The first-order valence-electron chi connectivity index (χ1n) is 9.28. The topological polar surface area (TPSA) is 76.3 Å². The maximum Gasteiger partial charge on any atom is 0.433 e. The van der Waals surface area contributed by atoms with Crippen LogP contribution in [0.5, 0.6) is 0 Å². The number of likely N-dealkylation sites (tertiary alicyclic amines) is 1. The Hall–Kier alpha value is -3.04. The van der Waals surface area contributed by atoms with Crippen molar-refractivity contribution in [1.29, 1.82) is 0 Å². The van der Waals surface area contributed by atoms with Crippen molar-refractivity contribution in [3.8, 4) is 0 Å². The molecule has 10 heteroatoms. The van der Waals surface area contributed by atoms with Crippen molar-refractivity contribution in [2.45, 2.75) is 45.3 Å². The van der Waals surface area contributed by atoms with E-state index in [9.17, 15) is 18.0 Å². The number of hydrogen-bond acceptors (Lipinski definition) is 5. The average molecular weight is 404 g/mol. The molecule has 1 aliphatic rings. The molecule has 4 heterocycles. The second-order valence-corrected chi connectivity index (χ2v) is 7.17. The van der Waals surface area contributed by atoms with Gasteiger partial charge in [0.2, 0.25) is 0 Å². The monoisotopic (exact) mass is 404 g/mol. The quantitative estimate of drug-likeness (QED) is 0.653. The molecular weight excluding hydrogens is 385 g/mol. The largest absolute Gasteiger partial charge is 0.433 e. The van der Waals surface area contributed by atoms with E-state index in [1.807, 2.05) is 0 Å². The summed E-state index contributed by atoms with van der Waals surface area (Å²) in [6.45, 7) is 3.76. The second-order valence-electron chi connectivity index (χ2n) is 7.17. The van der Waals surface area contributed by atoms with Gasteiger partial charge in [0.1, 0.15) is 11.4 Å². The molecule has 0 unspecified atom stereocenters. The molecule has 0 bridgehead atoms. The van der Waals surface area contributed by atoms with Crippen molar-refractivity contribution in [3.05, 3.63) is 53.0 Å². The van der Waals surface area contributed by atoms with E-state index in [4.69, 9.17) is 0 Å². The summed E-state index contributed by atoms with van der Waals surface area (Å²) in [7, 11) is 0. The van der Waals surface area contributed by atoms with Crippen LogP contribution in [0.4, 0.5) is 13.2 Å². The smallest absolute Gasteiger partial charge is 0.329 e. The zero-order valence-corrected chi connectivity index (χ0v) is 15.9. The van der Waals surface area contributed by atoms with Crippen LogP contribution in [0.1, 0.15) is 58.6 Å². The van der Waals surface area contributed by atoms with Crippen LogP contribution in [0.2, 0.25) is 0 Å². The van der Waals surface area contributed by atoms with Crippen LogP contribution in [0.3, 0.4) is 0 Å². The molecule has 1 saturated heterocycles. The summed E-state index contributed by atoms with van der Waals surface area (Å²) in [5.74, 6) is -0.306. The standard InChI is InChI=1S/C19H19F3N6O/c1-11-7-16(19(20,21)22)28-17(25-11)8-13(26-28)15-5-3-4-6-27(15)18(29)14-10-23-12(2)9-24-14/h7-10,15H,3-6H2,1-2H3/t15-/m1/s1. The Morgan fingerprint density at radius 2 is 1.90 bits per heavy atom. The number of hydrogen-bond donors (Lipinski definition) is 0. The van der Waals surface area contributed by atoms with Gasteiger partial charge in [0, 0.05) is 24.5 Å². The number of aromatic nitrogens is 5. The molecule has 0 aromatic carbocycles. The number of halogens is 3. The van der Waals surface area contributed by atoms with Gasteiger partial charge in [-0.15, -0.1) is 0 Å². The maximum absolute atomic E-state index is 13.4. The Bertz CT molecular complexity index is 1060. The molecule has 3 aromatic rings. The third kappa shape index (κ3) is 3.66. The summed E-state index contributed by atoms with van der Waals surface area (Å²) in [4.78, 5) is 27.0. The molecule has 0 spiro atoms. The fourth-order valence-electron chi connectivity index (χ4n) is 3.61. The van der Waals surface area contributed by atoms with Gasteiger partial charge in [0.25, 0.3) is 5.91 Å². The Balaban J connectivity index is 1.74. The van der Waals surface area contributed by atoms with E-state index in [0.717, 1.165) is 23.4 Å². The van der Waals surface area contributed by atoms with Crippen LogP contribution < -0.4 is 0 Å². The van der Waals surface area contributed by atoms with Crippen molar-refractivity contribution in [2.24, 2.45) is 0 Å². The molecule has 0 N–H and O–H groups in total. The predicted molar refractivity (Wildman–Crippen MR) is 97.1 cm³/mol. The SMILES string of the molecule is Cc1cnc(C(=O)N2CCCC[C@@H]2c2cc3nc(C)cc(C(F)(F)F)n3n2)cn1. The molecule has 1 aliphatic heterocycles. The van der Waals surface area contributed by atoms with Crippen molar-refractivity contribution in [3.63, 3.8) is 0 Å². The number of alkyl halides is 3. The molecule has 1 atom stereocenters. The Kier molecular flexibility index (Phi) is 4.71. The zero-order chi connectivity index (χ0) is 20.8. The number of piperidine rings is 1. The van der Waals surface area contributed by atoms with Crippen LogP contribution in [0, 0.1) is 13.8 Å². The van der Waals surface area contributed by atoms with Gasteiger partial charge in [-0.1, -0.05) is 0 Å². The van der Waals surface area contributed by atoms with E-state index < -0.39 is 17.9 Å². The Labute approximate surface area is 164 Å². The number of carbonyl (C=O) groups is 1. The zero-order valence-electron chi connectivity index (χ0n) is 15.9. The molecular formula is C19H19F3N6O. The second kappa shape index (κ2) is 7.09. The van der Waals surface area contributed by atoms with Gasteiger partial charge in [-0.3, -0.25) is 9.78 Å². The fraction of sp³-hybridized carbons (Fsp3) is 0.421. The molecule has 0 saturated carbocycles. The van der Waals surface area contributed by atoms with Gasteiger partial charge in [-0.25, -0.2) is 14.5 Å². The number of amides is 1. The van der Waals surface area contributed by atoms with E-state index >= 15 is 0 Å². The summed E-state index contributed by atoms with van der Waals surface area (Å²) in [5, 5.41) is 4.19. The summed E-state index contributed by atoms with van der Waals surface area (Å²) >= 11 is 0. The number of aryl methyl sites for hydroxylation is 2. The summed E-state index contributed by atoms with van der Waals surface area (Å²) in [5.41, 5.74) is 0.767. The number of nitrogens with zero attached hydrogens (tertiary/aromatic N) is 6. The lowest BCUT2D eigenvalue weighted by Crippen LogP contribution is -2.39. The van der Waals surface area contributed by atoms with Gasteiger partial charge < -0.3 is 4.90 Å². The Morgan fingerprint density at radius 3 is 2.59 bits per heavy atom. The molecule has 1 amide bonds. The normalized spacial score (nSPS) is 17.7. The van der Waals surface area contributed by atoms with Gasteiger partial charge >= 0.3 is 6.18 Å². The first-order chi connectivity index (χ1) is 13.7. The minimum atomic E-state index is -4.56. The van der Waals surface area contributed by atoms with Crippen molar-refractivity contribution >= 4 is 11.6 Å². The molecule has 3 aromatic heterocycles. The highest BCUT2D eigenvalue weighted by Gasteiger charge is 2.36. The minimum absolute atomic E-state index is 0.112. The van der Waals surface area contributed by atoms with E-state index in [1.165, 1.54) is 25.4 Å². The molecule has 0 aliphatic carbocycles. The number of fused-ring (bicyclic) bond motifs is 1. The highest BCUT2D eigenvalue weighted by atomic mass is 19.4. The van der Waals surface area contributed by atoms with Gasteiger partial charge in [-0.2, -0.15) is 18.3 Å². The van der Waals surface area contributed by atoms with E-state index in [-0.39, 0.29) is 22.9 Å². The lowest BCUT2D eigenvalue weighted by molar-refractivity contribution is -0.142. The van der Waals surface area contributed by atoms with E-state index in [2.05, 4.69) is 20.1 Å². The fourth-order valence-corrected chi connectivity index (χ4v) is 3.61. The highest BCUT2D eigenvalue weighted by molar-refractivity contribution is 5.92. The third-order valence-electron chi connectivity index (χ3n) is 4.97. The van der Waals surface area contributed by atoms with Crippen molar-refractivity contribution in [2.75, 3.05) is 6.54 Å². The van der Waals surface area contributed by atoms with Gasteiger partial charge in [-0.05, 0) is 39.2 Å². The van der Waals surface area contributed by atoms with Crippen LogP contribution in [0.25, 0.3) is 5.65 Å². The molecule has 7 nitrogen and oxygen atoms in total. The number of carbonyl (C=O) groups excluding carboxylic acids is 1. The predicted octanol–water partition coefficient (Wildman–Crippen LogP) is 3.52. The average Bonchev–Trinajstić information content (AvgIpc) is 3.10. The Morgan fingerprint density at radius 1 is 1.10 bits per heavy atom. The van der Waals surface area contributed by atoms with Gasteiger partial charge in [0.05, 0.1) is 23.6 Å². The van der Waals surface area contributed by atoms with E-state index in [1.54, 1.807) is 11.8 Å². The molecule has 1 fully saturated rings. The number of rotatable bonds is 2. The van der Waals surface area contributed by atoms with Crippen LogP contribution in [-0.2, 0) is 6.18 Å². The molecule has 152 valence electrons. The van der Waals surface area contributed by atoms with Crippen molar-refractivity contribution < 1.29 is 18.0 Å². The molecule has 29 heavy (non-hydrogen) atoms. The lowest BCUT2D eigenvalue weighted by Gasteiger charge is -2.34. The first-order valence-corrected chi connectivity index (χ1v) is 9.28. The third-order valence-corrected chi connectivity index (χ3v) is 4.97. The van der Waals surface area contributed by atoms with Crippen molar-refractivity contribution in [1.82, 2.24) is 29.5 Å². The van der Waals surface area contributed by atoms with Crippen LogP contribution in [0.15, 0.2) is 24.5 Å².